The van der Waals surface area contributed by atoms with Crippen molar-refractivity contribution in [1.82, 2.24) is 5.32 Å². The molecule has 0 spiro atoms. The Morgan fingerprint density at radius 2 is 1.60 bits per heavy atom. The number of ether oxygens (including phenoxy) is 2. The molecule has 2 unspecified atom stereocenters. The molecule has 0 aromatic heterocycles. The molecule has 0 heterocycles. The molecule has 4 rings (SSSR count). The fourth-order valence-corrected chi connectivity index (χ4v) is 4.47. The number of para-hydroxylation sites is 1. The number of nitrogens with one attached hydrogen (secondary N) is 1. The smallest absolute Gasteiger partial charge is 0.407 e. The van der Waals surface area contributed by atoms with E-state index in [4.69, 9.17) is 10.5 Å². The number of amides is 1. The predicted molar refractivity (Wildman–Crippen MR) is 131 cm³/mol. The number of carbonyl (C=O) groups is 2. The normalized spacial score (nSPS) is 13.9. The average Bonchev–Trinajstić information content (AvgIpc) is 3.20. The van der Waals surface area contributed by atoms with Crippen molar-refractivity contribution in [3.8, 4) is 11.1 Å². The average molecular weight is 477 g/mol. The highest BCUT2D eigenvalue weighted by Crippen LogP contribution is 2.44. The zero-order valence-electron chi connectivity index (χ0n) is 19.3. The summed E-state index contributed by atoms with van der Waals surface area (Å²) in [6, 6.07) is 20.7. The molecular formula is C27H28N2O6. The number of rotatable bonds is 8. The number of hydrogen-bond donors (Lipinski definition) is 4. The molecule has 1 aliphatic rings. The minimum absolute atomic E-state index is 0.0374. The predicted octanol–water partition coefficient (Wildman–Crippen LogP) is 3.38. The minimum atomic E-state index is -1.34. The van der Waals surface area contributed by atoms with Crippen LogP contribution in [-0.4, -0.2) is 48.6 Å². The molecule has 35 heavy (non-hydrogen) atoms. The second-order valence-corrected chi connectivity index (χ2v) is 8.35. The Kier molecular flexibility index (Phi) is 7.33. The molecule has 1 aliphatic carbocycles. The molecule has 0 aliphatic heterocycles. The van der Waals surface area contributed by atoms with Crippen LogP contribution in [0.25, 0.3) is 11.1 Å². The number of anilines is 1. The summed E-state index contributed by atoms with van der Waals surface area (Å²) in [6.07, 6.45) is -3.13. The van der Waals surface area contributed by atoms with Crippen LogP contribution in [0.2, 0.25) is 0 Å². The molecule has 8 nitrogen and oxygen atoms in total. The lowest BCUT2D eigenvalue weighted by atomic mass is 9.97. The summed E-state index contributed by atoms with van der Waals surface area (Å²) < 4.78 is 10.2. The zero-order chi connectivity index (χ0) is 24.9. The molecule has 8 heteroatoms. The van der Waals surface area contributed by atoms with Crippen LogP contribution >= 0.6 is 0 Å². The number of esters is 1. The highest BCUT2D eigenvalue weighted by molar-refractivity contribution is 5.95. The Hall–Kier alpha value is -3.88. The summed E-state index contributed by atoms with van der Waals surface area (Å²) in [6.45, 7) is 0.257. The van der Waals surface area contributed by atoms with Crippen LogP contribution in [0.5, 0.6) is 0 Å². The van der Waals surface area contributed by atoms with Gasteiger partial charge in [-0.3, -0.25) is 0 Å². The lowest BCUT2D eigenvalue weighted by molar-refractivity contribution is 0.0140. The Balaban J connectivity index is 1.30. The molecule has 0 bridgehead atoms. The summed E-state index contributed by atoms with van der Waals surface area (Å²) >= 11 is 0. The van der Waals surface area contributed by atoms with Gasteiger partial charge in [-0.2, -0.15) is 0 Å². The zero-order valence-corrected chi connectivity index (χ0v) is 19.3. The molecule has 0 fully saturated rings. The van der Waals surface area contributed by atoms with Crippen molar-refractivity contribution in [3.05, 3.63) is 89.0 Å². The first-order valence-electron chi connectivity index (χ1n) is 11.3. The molecular weight excluding hydrogens is 448 g/mol. The highest BCUT2D eigenvalue weighted by atomic mass is 16.5. The number of nitrogens with two attached hydrogens (primary N) is 1. The first-order valence-corrected chi connectivity index (χ1v) is 11.3. The number of hydrogen-bond acceptors (Lipinski definition) is 7. The number of methoxy groups -OCH3 is 1. The van der Waals surface area contributed by atoms with Crippen LogP contribution < -0.4 is 11.1 Å². The standard InChI is InChI=1S/C27H28N2O6/c1-34-26(32)21-12-6-11-20(24(21)28)25(31)23(30)13-14-29-27(33)35-15-22-18-9-4-2-7-16(18)17-8-3-5-10-19(17)22/h2-12,22-23,25,30-31H,13-15,28H2,1H3,(H,29,33). The van der Waals surface area contributed by atoms with E-state index in [-0.39, 0.29) is 42.3 Å². The maximum Gasteiger partial charge on any atom is 0.407 e. The van der Waals surface area contributed by atoms with E-state index in [1.165, 1.54) is 19.2 Å². The largest absolute Gasteiger partial charge is 0.465 e. The Morgan fingerprint density at radius 1 is 0.971 bits per heavy atom. The van der Waals surface area contributed by atoms with Crippen molar-refractivity contribution in [3.63, 3.8) is 0 Å². The van der Waals surface area contributed by atoms with Crippen LogP contribution in [0.3, 0.4) is 0 Å². The first kappa shape index (κ1) is 24.3. The van der Waals surface area contributed by atoms with Crippen LogP contribution in [0.4, 0.5) is 10.5 Å². The van der Waals surface area contributed by atoms with E-state index in [2.05, 4.69) is 22.2 Å². The van der Waals surface area contributed by atoms with Gasteiger partial charge < -0.3 is 30.7 Å². The number of carbonyl (C=O) groups excluding carboxylic acids is 2. The van der Waals surface area contributed by atoms with Crippen LogP contribution in [0.1, 0.15) is 45.5 Å². The molecule has 3 aromatic rings. The van der Waals surface area contributed by atoms with E-state index in [0.29, 0.717) is 0 Å². The van der Waals surface area contributed by atoms with Gasteiger partial charge in [-0.1, -0.05) is 60.7 Å². The van der Waals surface area contributed by atoms with Crippen molar-refractivity contribution >= 4 is 17.7 Å². The van der Waals surface area contributed by atoms with Gasteiger partial charge in [0.15, 0.2) is 0 Å². The van der Waals surface area contributed by atoms with Gasteiger partial charge in [0.2, 0.25) is 0 Å². The van der Waals surface area contributed by atoms with Crippen LogP contribution in [0, 0.1) is 0 Å². The number of aliphatic hydroxyl groups excluding tert-OH is 2. The third-order valence-corrected chi connectivity index (χ3v) is 6.28. The van der Waals surface area contributed by atoms with Gasteiger partial charge in [-0.05, 0) is 34.7 Å². The topological polar surface area (TPSA) is 131 Å². The Bertz CT molecular complexity index is 1180. The minimum Gasteiger partial charge on any atom is -0.465 e. The monoisotopic (exact) mass is 476 g/mol. The molecule has 2 atom stereocenters. The van der Waals surface area contributed by atoms with E-state index in [0.717, 1.165) is 22.3 Å². The summed E-state index contributed by atoms with van der Waals surface area (Å²) in [5.41, 5.74) is 10.9. The lowest BCUT2D eigenvalue weighted by Crippen LogP contribution is -2.31. The second kappa shape index (κ2) is 10.6. The van der Waals surface area contributed by atoms with Crippen LogP contribution in [-0.2, 0) is 9.47 Å². The van der Waals surface area contributed by atoms with Gasteiger partial charge in [0, 0.05) is 18.0 Å². The molecule has 5 N–H and O–H groups in total. The van der Waals surface area contributed by atoms with Crippen molar-refractivity contribution in [2.45, 2.75) is 24.5 Å². The SMILES string of the molecule is COC(=O)c1cccc(C(O)C(O)CCNC(=O)OCC2c3ccccc3-c3ccccc32)c1N. The van der Waals surface area contributed by atoms with E-state index in [9.17, 15) is 19.8 Å². The van der Waals surface area contributed by atoms with Crippen molar-refractivity contribution in [2.24, 2.45) is 0 Å². The van der Waals surface area contributed by atoms with E-state index >= 15 is 0 Å². The number of aliphatic hydroxyl groups is 2. The van der Waals surface area contributed by atoms with Gasteiger partial charge in [0.1, 0.15) is 12.7 Å². The summed E-state index contributed by atoms with van der Waals surface area (Å²) in [4.78, 5) is 24.1. The molecule has 182 valence electrons. The van der Waals surface area contributed by atoms with Gasteiger partial charge in [0.05, 0.1) is 24.5 Å². The maximum atomic E-state index is 12.3. The summed E-state index contributed by atoms with van der Waals surface area (Å²) in [7, 11) is 1.23. The number of alkyl carbamates (subject to hydrolysis) is 1. The van der Waals surface area contributed by atoms with Gasteiger partial charge >= 0.3 is 12.1 Å². The first-order chi connectivity index (χ1) is 16.9. The quantitative estimate of drug-likeness (QED) is 0.290. The molecule has 0 radical (unpaired) electrons. The molecule has 3 aromatic carbocycles. The fourth-order valence-electron chi connectivity index (χ4n) is 4.47. The Morgan fingerprint density at radius 3 is 2.23 bits per heavy atom. The third kappa shape index (κ3) is 4.99. The van der Waals surface area contributed by atoms with E-state index < -0.39 is 24.3 Å². The molecule has 1 amide bonds. The maximum absolute atomic E-state index is 12.3. The van der Waals surface area contributed by atoms with E-state index in [1.54, 1.807) is 6.07 Å². The van der Waals surface area contributed by atoms with Gasteiger partial charge in [-0.15, -0.1) is 0 Å². The van der Waals surface area contributed by atoms with Gasteiger partial charge in [-0.25, -0.2) is 9.59 Å². The summed E-state index contributed by atoms with van der Waals surface area (Å²) in [5, 5.41) is 23.5. The fraction of sp³-hybridized carbons (Fsp3) is 0.259. The highest BCUT2D eigenvalue weighted by Gasteiger charge is 2.29. The van der Waals surface area contributed by atoms with Crippen molar-refractivity contribution in [2.75, 3.05) is 26.0 Å². The Labute approximate surface area is 203 Å². The third-order valence-electron chi connectivity index (χ3n) is 6.28. The van der Waals surface area contributed by atoms with Crippen molar-refractivity contribution < 1.29 is 29.3 Å². The number of benzene rings is 3. The van der Waals surface area contributed by atoms with Crippen LogP contribution in [0.15, 0.2) is 66.7 Å². The number of nitrogen functional groups attached to an aromatic ring is 1. The van der Waals surface area contributed by atoms with Gasteiger partial charge in [0.25, 0.3) is 0 Å². The van der Waals surface area contributed by atoms with E-state index in [1.807, 2.05) is 36.4 Å². The number of fused-ring (bicyclic) bond motifs is 3. The second-order valence-electron chi connectivity index (χ2n) is 8.35. The lowest BCUT2D eigenvalue weighted by Gasteiger charge is -2.21. The van der Waals surface area contributed by atoms with Crippen molar-refractivity contribution in [1.29, 1.82) is 0 Å². The summed E-state index contributed by atoms with van der Waals surface area (Å²) in [5.74, 6) is -0.686. The molecule has 0 saturated heterocycles. The molecule has 0 saturated carbocycles.